The second kappa shape index (κ2) is 10.3. The Bertz CT molecular complexity index is 974. The molecule has 1 atom stereocenters. The smallest absolute Gasteiger partial charge is 0.261 e. The van der Waals surface area contributed by atoms with Crippen molar-refractivity contribution in [2.45, 2.75) is 26.4 Å². The van der Waals surface area contributed by atoms with E-state index in [9.17, 15) is 9.59 Å². The van der Waals surface area contributed by atoms with E-state index in [1.807, 2.05) is 91.9 Å². The molecular weight excluding hydrogens is 376 g/mol. The van der Waals surface area contributed by atoms with E-state index in [0.29, 0.717) is 18.0 Å². The molecule has 3 rings (SSSR count). The number of nitrogens with zero attached hydrogens (tertiary/aromatic N) is 1. The molecule has 0 fully saturated rings. The molecule has 0 bridgehead atoms. The predicted molar refractivity (Wildman–Crippen MR) is 118 cm³/mol. The second-order valence-electron chi connectivity index (χ2n) is 7.09. The first-order valence-corrected chi connectivity index (χ1v) is 9.91. The SMILES string of the molecule is CC(=O)Nc1cccc(C(C)N(Cc2ccccc2)C(=O)COc2ccccc2)c1. The van der Waals surface area contributed by atoms with Crippen LogP contribution in [0.4, 0.5) is 5.69 Å². The molecule has 0 spiro atoms. The van der Waals surface area contributed by atoms with Crippen molar-refractivity contribution in [3.8, 4) is 5.75 Å². The van der Waals surface area contributed by atoms with Gasteiger partial charge in [-0.1, -0.05) is 60.7 Å². The molecular formula is C25H26N2O3. The lowest BCUT2D eigenvalue weighted by molar-refractivity contribution is -0.136. The third-order valence-electron chi connectivity index (χ3n) is 4.78. The zero-order valence-electron chi connectivity index (χ0n) is 17.2. The van der Waals surface area contributed by atoms with Crippen LogP contribution in [0.25, 0.3) is 0 Å². The van der Waals surface area contributed by atoms with Gasteiger partial charge in [0.15, 0.2) is 6.61 Å². The van der Waals surface area contributed by atoms with Crippen LogP contribution < -0.4 is 10.1 Å². The molecule has 154 valence electrons. The summed E-state index contributed by atoms with van der Waals surface area (Å²) >= 11 is 0. The summed E-state index contributed by atoms with van der Waals surface area (Å²) in [5.74, 6) is 0.416. The van der Waals surface area contributed by atoms with Crippen LogP contribution >= 0.6 is 0 Å². The summed E-state index contributed by atoms with van der Waals surface area (Å²) in [6, 6.07) is 26.5. The van der Waals surface area contributed by atoms with Crippen molar-refractivity contribution < 1.29 is 14.3 Å². The van der Waals surface area contributed by atoms with Crippen LogP contribution in [-0.2, 0) is 16.1 Å². The summed E-state index contributed by atoms with van der Waals surface area (Å²) < 4.78 is 5.70. The first-order chi connectivity index (χ1) is 14.5. The number of hydrogen-bond acceptors (Lipinski definition) is 3. The molecule has 5 nitrogen and oxygen atoms in total. The normalized spacial score (nSPS) is 11.4. The largest absolute Gasteiger partial charge is 0.484 e. The summed E-state index contributed by atoms with van der Waals surface area (Å²) in [6.07, 6.45) is 0. The summed E-state index contributed by atoms with van der Waals surface area (Å²) in [7, 11) is 0. The number of nitrogens with one attached hydrogen (secondary N) is 1. The number of para-hydroxylation sites is 1. The highest BCUT2D eigenvalue weighted by molar-refractivity contribution is 5.88. The van der Waals surface area contributed by atoms with Crippen LogP contribution in [0.1, 0.15) is 31.0 Å². The van der Waals surface area contributed by atoms with Gasteiger partial charge in [-0.2, -0.15) is 0 Å². The lowest BCUT2D eigenvalue weighted by Crippen LogP contribution is -2.36. The number of rotatable bonds is 8. The molecule has 0 saturated carbocycles. The van der Waals surface area contributed by atoms with Crippen LogP contribution in [0.3, 0.4) is 0 Å². The van der Waals surface area contributed by atoms with Gasteiger partial charge in [-0.25, -0.2) is 0 Å². The van der Waals surface area contributed by atoms with Crippen molar-refractivity contribution in [3.63, 3.8) is 0 Å². The Kier molecular flexibility index (Phi) is 7.22. The third kappa shape index (κ3) is 5.95. The molecule has 0 heterocycles. The van der Waals surface area contributed by atoms with E-state index in [1.54, 1.807) is 4.90 Å². The molecule has 1 unspecified atom stereocenters. The van der Waals surface area contributed by atoms with Crippen molar-refractivity contribution in [1.29, 1.82) is 0 Å². The van der Waals surface area contributed by atoms with Gasteiger partial charge in [0.05, 0.1) is 6.04 Å². The van der Waals surface area contributed by atoms with E-state index >= 15 is 0 Å². The van der Waals surface area contributed by atoms with Crippen LogP contribution in [0, 0.1) is 0 Å². The van der Waals surface area contributed by atoms with Crippen molar-refractivity contribution in [2.24, 2.45) is 0 Å². The Morgan fingerprint density at radius 1 is 0.933 bits per heavy atom. The minimum Gasteiger partial charge on any atom is -0.484 e. The fourth-order valence-electron chi connectivity index (χ4n) is 3.23. The molecule has 0 saturated heterocycles. The van der Waals surface area contributed by atoms with Crippen LogP contribution in [0.5, 0.6) is 5.75 Å². The molecule has 30 heavy (non-hydrogen) atoms. The van der Waals surface area contributed by atoms with E-state index < -0.39 is 0 Å². The first kappa shape index (κ1) is 21.1. The molecule has 1 N–H and O–H groups in total. The van der Waals surface area contributed by atoms with Gasteiger partial charge >= 0.3 is 0 Å². The molecule has 0 aromatic heterocycles. The van der Waals surface area contributed by atoms with E-state index in [0.717, 1.165) is 11.1 Å². The maximum atomic E-state index is 13.1. The van der Waals surface area contributed by atoms with Gasteiger partial charge in [-0.15, -0.1) is 0 Å². The molecule has 3 aromatic rings. The van der Waals surface area contributed by atoms with Crippen LogP contribution in [0.2, 0.25) is 0 Å². The number of amides is 2. The fraction of sp³-hybridized carbons (Fsp3) is 0.200. The van der Waals surface area contributed by atoms with Gasteiger partial charge in [0.2, 0.25) is 5.91 Å². The van der Waals surface area contributed by atoms with Crippen molar-refractivity contribution >= 4 is 17.5 Å². The third-order valence-corrected chi connectivity index (χ3v) is 4.78. The zero-order chi connectivity index (χ0) is 21.3. The minimum absolute atomic E-state index is 0.0490. The number of carbonyl (C=O) groups excluding carboxylic acids is 2. The maximum Gasteiger partial charge on any atom is 0.261 e. The highest BCUT2D eigenvalue weighted by atomic mass is 16.5. The monoisotopic (exact) mass is 402 g/mol. The lowest BCUT2D eigenvalue weighted by Gasteiger charge is -2.30. The van der Waals surface area contributed by atoms with Gasteiger partial charge in [0.1, 0.15) is 5.75 Å². The van der Waals surface area contributed by atoms with E-state index in [2.05, 4.69) is 5.32 Å². The molecule has 5 heteroatoms. The van der Waals surface area contributed by atoms with Crippen molar-refractivity contribution in [1.82, 2.24) is 4.90 Å². The average Bonchev–Trinajstić information content (AvgIpc) is 2.76. The van der Waals surface area contributed by atoms with Crippen LogP contribution in [-0.4, -0.2) is 23.3 Å². The maximum absolute atomic E-state index is 13.1. The fourth-order valence-corrected chi connectivity index (χ4v) is 3.23. The van der Waals surface area contributed by atoms with E-state index in [1.165, 1.54) is 6.92 Å². The number of anilines is 1. The highest BCUT2D eigenvalue weighted by Gasteiger charge is 2.22. The van der Waals surface area contributed by atoms with Crippen molar-refractivity contribution in [2.75, 3.05) is 11.9 Å². The van der Waals surface area contributed by atoms with Gasteiger partial charge in [-0.3, -0.25) is 9.59 Å². The number of carbonyl (C=O) groups is 2. The molecule has 0 aliphatic heterocycles. The van der Waals surface area contributed by atoms with Crippen LogP contribution in [0.15, 0.2) is 84.9 Å². The van der Waals surface area contributed by atoms with E-state index in [-0.39, 0.29) is 24.5 Å². The van der Waals surface area contributed by atoms with Gasteiger partial charge in [-0.05, 0) is 42.3 Å². The first-order valence-electron chi connectivity index (χ1n) is 9.91. The number of benzene rings is 3. The molecule has 2 amide bonds. The quantitative estimate of drug-likeness (QED) is 0.588. The molecule has 0 aliphatic rings. The molecule has 0 aliphatic carbocycles. The van der Waals surface area contributed by atoms with Gasteiger partial charge in [0.25, 0.3) is 5.91 Å². The predicted octanol–water partition coefficient (Wildman–Crippen LogP) is 4.81. The van der Waals surface area contributed by atoms with Gasteiger partial charge in [0, 0.05) is 19.2 Å². The van der Waals surface area contributed by atoms with E-state index in [4.69, 9.17) is 4.74 Å². The summed E-state index contributed by atoms with van der Waals surface area (Å²) in [5, 5.41) is 2.80. The topological polar surface area (TPSA) is 58.6 Å². The average molecular weight is 402 g/mol. The highest BCUT2D eigenvalue weighted by Crippen LogP contribution is 2.25. The summed E-state index contributed by atoms with van der Waals surface area (Å²) in [5.41, 5.74) is 2.68. The Morgan fingerprint density at radius 3 is 2.27 bits per heavy atom. The number of hydrogen-bond donors (Lipinski definition) is 1. The summed E-state index contributed by atoms with van der Waals surface area (Å²) in [6.45, 7) is 3.87. The Morgan fingerprint density at radius 2 is 1.60 bits per heavy atom. The zero-order valence-corrected chi connectivity index (χ0v) is 17.2. The lowest BCUT2D eigenvalue weighted by atomic mass is 10.0. The number of ether oxygens (including phenoxy) is 1. The minimum atomic E-state index is -0.203. The molecule has 3 aromatic carbocycles. The van der Waals surface area contributed by atoms with Crippen molar-refractivity contribution in [3.05, 3.63) is 96.1 Å². The summed E-state index contributed by atoms with van der Waals surface area (Å²) in [4.78, 5) is 26.3. The van der Waals surface area contributed by atoms with Gasteiger partial charge < -0.3 is 15.0 Å². The Labute approximate surface area is 177 Å². The Hall–Kier alpha value is -3.60. The molecule has 0 radical (unpaired) electrons. The second-order valence-corrected chi connectivity index (χ2v) is 7.09. The Balaban J connectivity index is 1.81. The standard InChI is InChI=1S/C25H26N2O3/c1-19(22-12-9-13-23(16-22)26-20(2)28)27(17-21-10-5-3-6-11-21)25(29)18-30-24-14-7-4-8-15-24/h3-16,19H,17-18H2,1-2H3,(H,26,28).